The highest BCUT2D eigenvalue weighted by Gasteiger charge is 2.11. The van der Waals surface area contributed by atoms with Gasteiger partial charge >= 0.3 is 5.97 Å². The molecule has 0 amide bonds. The normalized spacial score (nSPS) is 10.3. The minimum Gasteiger partial charge on any atom is -0.478 e. The number of carboxylic acid groups (broad SMARTS) is 1. The van der Waals surface area contributed by atoms with Gasteiger partial charge < -0.3 is 10.4 Å². The number of aromatic carboxylic acids is 1. The first-order valence-corrected chi connectivity index (χ1v) is 6.63. The Hall–Kier alpha value is -1.59. The number of rotatable bonds is 5. The summed E-state index contributed by atoms with van der Waals surface area (Å²) in [7, 11) is 0. The van der Waals surface area contributed by atoms with Gasteiger partial charge in [0.1, 0.15) is 16.5 Å². The van der Waals surface area contributed by atoms with Crippen LogP contribution >= 0.6 is 22.9 Å². The zero-order chi connectivity index (χ0) is 13.0. The summed E-state index contributed by atoms with van der Waals surface area (Å²) in [6, 6.07) is 4.95. The van der Waals surface area contributed by atoms with Crippen molar-refractivity contribution >= 4 is 34.7 Å². The van der Waals surface area contributed by atoms with Gasteiger partial charge in [-0.3, -0.25) is 0 Å². The van der Waals surface area contributed by atoms with Gasteiger partial charge in [0.25, 0.3) is 0 Å². The summed E-state index contributed by atoms with van der Waals surface area (Å²) in [6.07, 6.45) is 0.816. The molecule has 0 fully saturated rings. The van der Waals surface area contributed by atoms with E-state index in [1.807, 2.05) is 11.4 Å². The van der Waals surface area contributed by atoms with Crippen molar-refractivity contribution < 1.29 is 9.90 Å². The fourth-order valence-electron chi connectivity index (χ4n) is 1.50. The maximum Gasteiger partial charge on any atom is 0.339 e. The Balaban J connectivity index is 2.03. The van der Waals surface area contributed by atoms with E-state index in [9.17, 15) is 4.79 Å². The molecular weight excluding hydrogens is 272 g/mol. The van der Waals surface area contributed by atoms with Crippen molar-refractivity contribution in [3.8, 4) is 0 Å². The molecule has 0 unspecified atom stereocenters. The number of anilines is 1. The number of aromatic nitrogens is 1. The summed E-state index contributed by atoms with van der Waals surface area (Å²) in [5, 5.41) is 16.4. The number of carboxylic acids is 1. The average Bonchev–Trinajstić information content (AvgIpc) is 2.82. The lowest BCUT2D eigenvalue weighted by molar-refractivity contribution is 0.0697. The summed E-state index contributed by atoms with van der Waals surface area (Å²) < 4.78 is 0. The quantitative estimate of drug-likeness (QED) is 0.827. The monoisotopic (exact) mass is 282 g/mol. The second kappa shape index (κ2) is 5.84. The van der Waals surface area contributed by atoms with Crippen LogP contribution in [-0.4, -0.2) is 22.6 Å². The molecule has 0 aliphatic carbocycles. The zero-order valence-electron chi connectivity index (χ0n) is 9.39. The second-order valence-corrected chi connectivity index (χ2v) is 4.81. The molecule has 0 spiro atoms. The molecule has 2 aromatic rings. The number of pyridine rings is 1. The van der Waals surface area contributed by atoms with Crippen molar-refractivity contribution in [2.75, 3.05) is 11.9 Å². The standard InChI is InChI=1S/C12H11ClN2O2S/c13-10-2-1-9(12(16)17)11(15-10)14-5-3-8-4-6-18-7-8/h1-2,4,6-7H,3,5H2,(H,14,15)(H,16,17). The van der Waals surface area contributed by atoms with Crippen molar-refractivity contribution in [3.63, 3.8) is 0 Å². The van der Waals surface area contributed by atoms with E-state index in [0.29, 0.717) is 12.4 Å². The number of hydrogen-bond acceptors (Lipinski definition) is 4. The lowest BCUT2D eigenvalue weighted by atomic mass is 10.2. The third-order valence-corrected chi connectivity index (χ3v) is 3.32. The van der Waals surface area contributed by atoms with E-state index in [1.165, 1.54) is 17.7 Å². The number of nitrogens with one attached hydrogen (secondary N) is 1. The Labute approximate surface area is 113 Å². The van der Waals surface area contributed by atoms with Crippen LogP contribution in [0.4, 0.5) is 5.82 Å². The molecule has 0 atom stereocenters. The van der Waals surface area contributed by atoms with Crippen molar-refractivity contribution in [3.05, 3.63) is 45.2 Å². The van der Waals surface area contributed by atoms with Crippen LogP contribution in [-0.2, 0) is 6.42 Å². The fraction of sp³-hybridized carbons (Fsp3) is 0.167. The molecule has 2 heterocycles. The van der Waals surface area contributed by atoms with Gasteiger partial charge in [0.15, 0.2) is 0 Å². The van der Waals surface area contributed by atoms with E-state index in [-0.39, 0.29) is 10.7 Å². The lowest BCUT2D eigenvalue weighted by Crippen LogP contribution is -2.11. The third kappa shape index (κ3) is 3.21. The van der Waals surface area contributed by atoms with Crippen LogP contribution in [0.1, 0.15) is 15.9 Å². The van der Waals surface area contributed by atoms with Crippen molar-refractivity contribution in [1.29, 1.82) is 0 Å². The van der Waals surface area contributed by atoms with Crippen molar-refractivity contribution in [1.82, 2.24) is 4.98 Å². The van der Waals surface area contributed by atoms with E-state index >= 15 is 0 Å². The highest BCUT2D eigenvalue weighted by atomic mass is 35.5. The van der Waals surface area contributed by atoms with Gasteiger partial charge in [-0.2, -0.15) is 11.3 Å². The Bertz CT molecular complexity index is 543. The third-order valence-electron chi connectivity index (χ3n) is 2.38. The van der Waals surface area contributed by atoms with Crippen LogP contribution in [0.2, 0.25) is 5.15 Å². The SMILES string of the molecule is O=C(O)c1ccc(Cl)nc1NCCc1ccsc1. The van der Waals surface area contributed by atoms with Crippen LogP contribution in [0.5, 0.6) is 0 Å². The van der Waals surface area contributed by atoms with Gasteiger partial charge in [0.2, 0.25) is 0 Å². The number of hydrogen-bond donors (Lipinski definition) is 2. The Kier molecular flexibility index (Phi) is 4.17. The fourth-order valence-corrected chi connectivity index (χ4v) is 2.35. The molecule has 0 saturated carbocycles. The van der Waals surface area contributed by atoms with Crippen LogP contribution < -0.4 is 5.32 Å². The van der Waals surface area contributed by atoms with E-state index in [4.69, 9.17) is 16.7 Å². The molecule has 6 heteroatoms. The molecule has 0 aliphatic heterocycles. The van der Waals surface area contributed by atoms with Crippen LogP contribution in [0.15, 0.2) is 29.0 Å². The lowest BCUT2D eigenvalue weighted by Gasteiger charge is -2.08. The first-order chi connectivity index (χ1) is 8.66. The summed E-state index contributed by atoms with van der Waals surface area (Å²) >= 11 is 7.40. The van der Waals surface area contributed by atoms with E-state index in [1.54, 1.807) is 11.3 Å². The number of carbonyl (C=O) groups is 1. The van der Waals surface area contributed by atoms with Gasteiger partial charge in [-0.1, -0.05) is 11.6 Å². The number of thiophene rings is 1. The predicted molar refractivity (Wildman–Crippen MR) is 72.7 cm³/mol. The van der Waals surface area contributed by atoms with Gasteiger partial charge in [-0.15, -0.1) is 0 Å². The predicted octanol–water partition coefficient (Wildman–Crippen LogP) is 3.15. The van der Waals surface area contributed by atoms with Crippen LogP contribution in [0, 0.1) is 0 Å². The summed E-state index contributed by atoms with van der Waals surface area (Å²) in [6.45, 7) is 0.615. The molecule has 2 rings (SSSR count). The number of halogens is 1. The molecule has 0 saturated heterocycles. The Morgan fingerprint density at radius 3 is 2.94 bits per heavy atom. The minimum absolute atomic E-state index is 0.129. The van der Waals surface area contributed by atoms with Crippen molar-refractivity contribution in [2.45, 2.75) is 6.42 Å². The first-order valence-electron chi connectivity index (χ1n) is 5.31. The van der Waals surface area contributed by atoms with Crippen LogP contribution in [0.25, 0.3) is 0 Å². The molecule has 0 radical (unpaired) electrons. The van der Waals surface area contributed by atoms with Crippen molar-refractivity contribution in [2.24, 2.45) is 0 Å². The second-order valence-electron chi connectivity index (χ2n) is 3.64. The molecular formula is C12H11ClN2O2S. The molecule has 94 valence electrons. The van der Waals surface area contributed by atoms with Gasteiger partial charge in [-0.25, -0.2) is 9.78 Å². The number of nitrogens with zero attached hydrogens (tertiary/aromatic N) is 1. The molecule has 2 N–H and O–H groups in total. The topological polar surface area (TPSA) is 62.2 Å². The maximum absolute atomic E-state index is 11.0. The highest BCUT2D eigenvalue weighted by molar-refractivity contribution is 7.07. The zero-order valence-corrected chi connectivity index (χ0v) is 11.0. The first kappa shape index (κ1) is 12.9. The largest absolute Gasteiger partial charge is 0.478 e. The average molecular weight is 283 g/mol. The molecule has 4 nitrogen and oxygen atoms in total. The van der Waals surface area contributed by atoms with E-state index < -0.39 is 5.97 Å². The molecule has 0 bridgehead atoms. The smallest absolute Gasteiger partial charge is 0.339 e. The molecule has 0 aliphatic rings. The Morgan fingerprint density at radius 1 is 1.44 bits per heavy atom. The van der Waals surface area contributed by atoms with Crippen LogP contribution in [0.3, 0.4) is 0 Å². The maximum atomic E-state index is 11.0. The van der Waals surface area contributed by atoms with Gasteiger partial charge in [0.05, 0.1) is 0 Å². The molecule has 0 aromatic carbocycles. The molecule has 2 aromatic heterocycles. The highest BCUT2D eigenvalue weighted by Crippen LogP contribution is 2.17. The van der Waals surface area contributed by atoms with E-state index in [2.05, 4.69) is 15.7 Å². The summed E-state index contributed by atoms with van der Waals surface area (Å²) in [5.74, 6) is -0.706. The minimum atomic E-state index is -1.02. The summed E-state index contributed by atoms with van der Waals surface area (Å²) in [4.78, 5) is 15.0. The molecule has 18 heavy (non-hydrogen) atoms. The Morgan fingerprint density at radius 2 is 2.28 bits per heavy atom. The van der Waals surface area contributed by atoms with Gasteiger partial charge in [0, 0.05) is 6.54 Å². The van der Waals surface area contributed by atoms with Gasteiger partial charge in [-0.05, 0) is 40.9 Å². The summed E-state index contributed by atoms with van der Waals surface area (Å²) in [5.41, 5.74) is 1.34. The van der Waals surface area contributed by atoms with E-state index in [0.717, 1.165) is 6.42 Å².